The highest BCUT2D eigenvalue weighted by molar-refractivity contribution is 6.30. The van der Waals surface area contributed by atoms with Gasteiger partial charge >= 0.3 is 0 Å². The summed E-state index contributed by atoms with van der Waals surface area (Å²) in [5.74, 6) is 0.773. The summed E-state index contributed by atoms with van der Waals surface area (Å²) in [7, 11) is 0. The van der Waals surface area contributed by atoms with E-state index in [-0.39, 0.29) is 6.04 Å². The molecule has 0 aliphatic carbocycles. The topological polar surface area (TPSA) is 84.1 Å². The van der Waals surface area contributed by atoms with Crippen LogP contribution in [0.1, 0.15) is 34.2 Å². The molecule has 2 heterocycles. The number of rotatable bonds is 6. The summed E-state index contributed by atoms with van der Waals surface area (Å²) in [6, 6.07) is 13.3. The second kappa shape index (κ2) is 7.73. The Morgan fingerprint density at radius 3 is 2.71 bits per heavy atom. The van der Waals surface area contributed by atoms with Crippen LogP contribution in [0.15, 0.2) is 42.5 Å². The Balaban J connectivity index is 1.76. The van der Waals surface area contributed by atoms with Crippen LogP contribution in [0, 0.1) is 6.92 Å². The van der Waals surface area contributed by atoms with Crippen LogP contribution in [0.25, 0.3) is 10.9 Å². The van der Waals surface area contributed by atoms with Crippen molar-refractivity contribution < 1.29 is 4.79 Å². The molecule has 144 valence electrons. The zero-order chi connectivity index (χ0) is 19.7. The fraction of sp³-hybridized carbons (Fsp3) is 0.286. The molecular weight excluding hydrogens is 374 g/mol. The van der Waals surface area contributed by atoms with Gasteiger partial charge in [-0.3, -0.25) is 4.79 Å². The number of benzene rings is 2. The van der Waals surface area contributed by atoms with Gasteiger partial charge in [-0.15, -0.1) is 0 Å². The number of amides is 1. The van der Waals surface area contributed by atoms with E-state index in [1.54, 1.807) is 12.1 Å². The number of nitrogens with two attached hydrogens (primary N) is 1. The maximum atomic E-state index is 11.8. The molecule has 4 rings (SSSR count). The third-order valence-electron chi connectivity index (χ3n) is 5.06. The molecule has 0 saturated carbocycles. The number of carbonyl (C=O) groups is 1. The van der Waals surface area contributed by atoms with Gasteiger partial charge in [-0.1, -0.05) is 29.8 Å². The zero-order valence-corrected chi connectivity index (χ0v) is 16.4. The number of hydrogen-bond donors (Lipinski definition) is 2. The largest absolute Gasteiger partial charge is 0.366 e. The van der Waals surface area contributed by atoms with Gasteiger partial charge in [0.2, 0.25) is 0 Å². The summed E-state index contributed by atoms with van der Waals surface area (Å²) < 4.78 is 0. The highest BCUT2D eigenvalue weighted by Crippen LogP contribution is 2.29. The summed E-state index contributed by atoms with van der Waals surface area (Å²) in [6.45, 7) is 4.84. The molecule has 1 aliphatic rings. The summed E-state index contributed by atoms with van der Waals surface area (Å²) in [6.07, 6.45) is 1.22. The maximum absolute atomic E-state index is 11.8. The Morgan fingerprint density at radius 1 is 1.25 bits per heavy atom. The Morgan fingerprint density at radius 2 is 2.04 bits per heavy atom. The number of likely N-dealkylation sites (tertiary alicyclic amines) is 1. The average molecular weight is 396 g/mol. The lowest BCUT2D eigenvalue weighted by Crippen LogP contribution is -2.41. The number of aryl methyl sites for hydroxylation is 1. The van der Waals surface area contributed by atoms with Crippen LogP contribution in [0.5, 0.6) is 0 Å². The van der Waals surface area contributed by atoms with Crippen molar-refractivity contribution in [3.63, 3.8) is 0 Å². The molecular formula is C21H22ClN5O. The van der Waals surface area contributed by atoms with Crippen molar-refractivity contribution in [2.24, 2.45) is 5.73 Å². The highest BCUT2D eigenvalue weighted by Gasteiger charge is 2.22. The lowest BCUT2D eigenvalue weighted by atomic mass is 10.0. The minimum atomic E-state index is -0.498. The summed E-state index contributed by atoms with van der Waals surface area (Å²) in [4.78, 5) is 23.3. The fourth-order valence-corrected chi connectivity index (χ4v) is 3.72. The zero-order valence-electron chi connectivity index (χ0n) is 15.7. The first-order chi connectivity index (χ1) is 13.5. The highest BCUT2D eigenvalue weighted by atomic mass is 35.5. The first-order valence-corrected chi connectivity index (χ1v) is 9.70. The van der Waals surface area contributed by atoms with Crippen LogP contribution in [0.4, 0.5) is 5.82 Å². The lowest BCUT2D eigenvalue weighted by Gasteiger charge is -2.35. The molecule has 3 N–H and O–H groups in total. The van der Waals surface area contributed by atoms with Crippen LogP contribution in [0.3, 0.4) is 0 Å². The molecule has 1 saturated heterocycles. The number of primary amides is 1. The number of anilines is 1. The molecule has 0 bridgehead atoms. The van der Waals surface area contributed by atoms with Gasteiger partial charge in [-0.2, -0.15) is 0 Å². The van der Waals surface area contributed by atoms with Crippen molar-refractivity contribution in [1.82, 2.24) is 14.9 Å². The van der Waals surface area contributed by atoms with Gasteiger partial charge in [-0.25, -0.2) is 9.97 Å². The minimum absolute atomic E-state index is 0.00809. The molecule has 7 heteroatoms. The number of carbonyl (C=O) groups excluding carboxylic acids is 1. The smallest absolute Gasteiger partial charge is 0.250 e. The second-order valence-corrected chi connectivity index (χ2v) is 7.53. The second-order valence-electron chi connectivity index (χ2n) is 7.09. The molecule has 1 amide bonds. The third-order valence-corrected chi connectivity index (χ3v) is 5.29. The summed E-state index contributed by atoms with van der Waals surface area (Å²) >= 11 is 6.23. The molecule has 0 unspecified atom stereocenters. The monoisotopic (exact) mass is 395 g/mol. The van der Waals surface area contributed by atoms with Crippen LogP contribution in [0.2, 0.25) is 5.02 Å². The molecule has 3 aromatic rings. The molecule has 2 aromatic carbocycles. The molecule has 1 aliphatic heterocycles. The summed E-state index contributed by atoms with van der Waals surface area (Å²) in [5.41, 5.74) is 7.60. The number of para-hydroxylation sites is 1. The predicted octanol–water partition coefficient (Wildman–Crippen LogP) is 3.55. The lowest BCUT2D eigenvalue weighted by molar-refractivity contribution is 0.100. The van der Waals surface area contributed by atoms with Gasteiger partial charge in [0.1, 0.15) is 11.6 Å². The molecule has 1 aromatic heterocycles. The van der Waals surface area contributed by atoms with Crippen LogP contribution >= 0.6 is 11.6 Å². The quantitative estimate of drug-likeness (QED) is 0.666. The van der Waals surface area contributed by atoms with Gasteiger partial charge in [0.05, 0.1) is 17.1 Å². The minimum Gasteiger partial charge on any atom is -0.366 e. The van der Waals surface area contributed by atoms with E-state index in [1.807, 2.05) is 31.2 Å². The Hall–Kier alpha value is -2.70. The normalized spacial score (nSPS) is 15.2. The van der Waals surface area contributed by atoms with E-state index in [0.29, 0.717) is 27.7 Å². The van der Waals surface area contributed by atoms with E-state index in [2.05, 4.69) is 26.3 Å². The average Bonchev–Trinajstić information content (AvgIpc) is 2.62. The number of fused-ring (bicyclic) bond motifs is 1. The van der Waals surface area contributed by atoms with E-state index in [0.717, 1.165) is 30.6 Å². The van der Waals surface area contributed by atoms with Crippen molar-refractivity contribution in [2.45, 2.75) is 19.4 Å². The van der Waals surface area contributed by atoms with E-state index in [9.17, 15) is 4.79 Å². The number of hydrogen-bond acceptors (Lipinski definition) is 5. The van der Waals surface area contributed by atoms with Crippen molar-refractivity contribution >= 4 is 34.2 Å². The number of halogens is 1. The van der Waals surface area contributed by atoms with E-state index < -0.39 is 5.91 Å². The SMILES string of the molecule is Cc1nc(N[C@H](CN2CCC2)c2cccc(Cl)c2)c2cccc(C(N)=O)c2n1. The molecule has 6 nitrogen and oxygen atoms in total. The predicted molar refractivity (Wildman–Crippen MR) is 112 cm³/mol. The molecule has 0 radical (unpaired) electrons. The molecule has 1 atom stereocenters. The third kappa shape index (κ3) is 3.79. The maximum Gasteiger partial charge on any atom is 0.250 e. The fourth-order valence-electron chi connectivity index (χ4n) is 3.52. The van der Waals surface area contributed by atoms with E-state index >= 15 is 0 Å². The van der Waals surface area contributed by atoms with Crippen molar-refractivity contribution in [1.29, 1.82) is 0 Å². The van der Waals surface area contributed by atoms with E-state index in [4.69, 9.17) is 17.3 Å². The Labute approximate surface area is 168 Å². The standard InChI is InChI=1S/C21H22ClN5O/c1-13-24-19-16(20(23)28)7-3-8-17(19)21(25-13)26-18(12-27-9-4-10-27)14-5-2-6-15(22)11-14/h2-3,5-8,11,18H,4,9-10,12H2,1H3,(H2,23,28)(H,24,25,26)/t18-/m1/s1. The van der Waals surface area contributed by atoms with Crippen LogP contribution in [-0.4, -0.2) is 40.4 Å². The Bertz CT molecular complexity index is 1030. The molecule has 0 spiro atoms. The first-order valence-electron chi connectivity index (χ1n) is 9.33. The summed E-state index contributed by atoms with van der Waals surface area (Å²) in [5, 5.41) is 5.05. The van der Waals surface area contributed by atoms with E-state index in [1.165, 1.54) is 6.42 Å². The Kier molecular flexibility index (Phi) is 5.15. The van der Waals surface area contributed by atoms with Crippen LogP contribution in [-0.2, 0) is 0 Å². The number of nitrogens with zero attached hydrogens (tertiary/aromatic N) is 3. The van der Waals surface area contributed by atoms with Crippen LogP contribution < -0.4 is 11.1 Å². The first kappa shape index (κ1) is 18.7. The molecule has 28 heavy (non-hydrogen) atoms. The van der Waals surface area contributed by atoms with Crippen molar-refractivity contribution in [3.8, 4) is 0 Å². The van der Waals surface area contributed by atoms with Crippen molar-refractivity contribution in [2.75, 3.05) is 25.0 Å². The van der Waals surface area contributed by atoms with Gasteiger partial charge in [0.25, 0.3) is 5.91 Å². The number of nitrogens with one attached hydrogen (secondary N) is 1. The van der Waals surface area contributed by atoms with Crippen molar-refractivity contribution in [3.05, 3.63) is 64.4 Å². The van der Waals surface area contributed by atoms with Gasteiger partial charge < -0.3 is 16.0 Å². The molecule has 1 fully saturated rings. The number of aromatic nitrogens is 2. The van der Waals surface area contributed by atoms with Gasteiger partial charge in [0.15, 0.2) is 0 Å². The van der Waals surface area contributed by atoms with Gasteiger partial charge in [0, 0.05) is 17.0 Å². The van der Waals surface area contributed by atoms with Gasteiger partial charge in [-0.05, 0) is 56.3 Å².